The zero-order valence-corrected chi connectivity index (χ0v) is 14.2. The number of anilines is 1. The highest BCUT2D eigenvalue weighted by atomic mass is 32.2. The van der Waals surface area contributed by atoms with Gasteiger partial charge in [-0.15, -0.1) is 0 Å². The molecule has 0 bridgehead atoms. The number of carbonyl (C=O) groups is 1. The Morgan fingerprint density at radius 1 is 1.08 bits per heavy atom. The molecule has 0 saturated heterocycles. The van der Waals surface area contributed by atoms with Gasteiger partial charge in [-0.3, -0.25) is 4.79 Å². The van der Waals surface area contributed by atoms with Crippen molar-refractivity contribution in [1.29, 1.82) is 0 Å². The second-order valence-electron chi connectivity index (χ2n) is 6.05. The predicted molar refractivity (Wildman–Crippen MR) is 101 cm³/mol. The van der Waals surface area contributed by atoms with Gasteiger partial charge in [-0.05, 0) is 12.1 Å². The number of benzene rings is 2. The number of nitrogens with zero attached hydrogens (tertiary/aromatic N) is 2. The molecule has 2 aliphatic rings. The molecule has 0 saturated carbocycles. The van der Waals surface area contributed by atoms with Crippen LogP contribution in [0.15, 0.2) is 59.8 Å². The summed E-state index contributed by atoms with van der Waals surface area (Å²) < 4.78 is 2.22. The lowest BCUT2D eigenvalue weighted by Gasteiger charge is -2.05. The molecular weight excluding hydrogens is 330 g/mol. The minimum absolute atomic E-state index is 0.0542. The Balaban J connectivity index is 1.72. The maximum atomic E-state index is 12.5. The Morgan fingerprint density at radius 2 is 1.88 bits per heavy atom. The van der Waals surface area contributed by atoms with Gasteiger partial charge in [-0.2, -0.15) is 0 Å². The van der Waals surface area contributed by atoms with Gasteiger partial charge in [0.1, 0.15) is 0 Å². The molecule has 2 aliphatic heterocycles. The van der Waals surface area contributed by atoms with E-state index in [0.717, 1.165) is 45.7 Å². The minimum Gasteiger partial charge on any atom is -0.321 e. The molecule has 1 amide bonds. The van der Waals surface area contributed by atoms with Gasteiger partial charge in [0.15, 0.2) is 5.16 Å². The van der Waals surface area contributed by atoms with Crippen molar-refractivity contribution in [3.63, 3.8) is 0 Å². The van der Waals surface area contributed by atoms with Gasteiger partial charge in [0.25, 0.3) is 5.91 Å². The van der Waals surface area contributed by atoms with E-state index >= 15 is 0 Å². The summed E-state index contributed by atoms with van der Waals surface area (Å²) >= 11 is 1.76. The number of hydrogen-bond donors (Lipinski definition) is 1. The van der Waals surface area contributed by atoms with Crippen LogP contribution < -0.4 is 5.32 Å². The van der Waals surface area contributed by atoms with Crippen LogP contribution in [-0.4, -0.2) is 21.2 Å². The lowest BCUT2D eigenvalue weighted by atomic mass is 10.0. The second kappa shape index (κ2) is 5.63. The molecule has 1 aromatic heterocycles. The lowest BCUT2D eigenvalue weighted by molar-refractivity contribution is -0.110. The molecule has 5 heteroatoms. The monoisotopic (exact) mass is 345 g/mol. The summed E-state index contributed by atoms with van der Waals surface area (Å²) in [7, 11) is 0. The van der Waals surface area contributed by atoms with Crippen LogP contribution in [0.25, 0.3) is 22.9 Å². The van der Waals surface area contributed by atoms with E-state index in [2.05, 4.69) is 22.0 Å². The van der Waals surface area contributed by atoms with Crippen LogP contribution in [0.1, 0.15) is 11.3 Å². The standard InChI is InChI=1S/C20H15N3OS/c24-19-15(14-8-4-5-9-16(14)21-19)12-17-18(13-6-2-1-3-7-13)22-20-23(17)10-11-25-20/h1-9,12H,10-11H2,(H,21,24)/b15-12+. The molecule has 2 aromatic carbocycles. The Kier molecular flexibility index (Phi) is 3.28. The molecule has 0 aliphatic carbocycles. The van der Waals surface area contributed by atoms with Crippen molar-refractivity contribution in [1.82, 2.24) is 9.55 Å². The van der Waals surface area contributed by atoms with E-state index in [1.165, 1.54) is 0 Å². The van der Waals surface area contributed by atoms with Crippen LogP contribution in [0.5, 0.6) is 0 Å². The molecule has 4 nitrogen and oxygen atoms in total. The summed E-state index contributed by atoms with van der Waals surface area (Å²) in [5, 5.41) is 3.97. The summed E-state index contributed by atoms with van der Waals surface area (Å²) in [6, 6.07) is 18.0. The third kappa shape index (κ3) is 2.31. The fourth-order valence-corrected chi connectivity index (χ4v) is 4.33. The van der Waals surface area contributed by atoms with E-state index < -0.39 is 0 Å². The van der Waals surface area contributed by atoms with E-state index in [1.54, 1.807) is 11.8 Å². The van der Waals surface area contributed by atoms with Crippen LogP contribution in [0.4, 0.5) is 5.69 Å². The number of carbonyl (C=O) groups excluding carboxylic acids is 1. The molecule has 3 aromatic rings. The molecule has 0 spiro atoms. The summed E-state index contributed by atoms with van der Waals surface area (Å²) in [5.41, 5.74) is 5.54. The third-order valence-corrected chi connectivity index (χ3v) is 5.51. The first-order valence-electron chi connectivity index (χ1n) is 8.22. The molecule has 0 radical (unpaired) electrons. The van der Waals surface area contributed by atoms with E-state index in [0.29, 0.717) is 5.57 Å². The third-order valence-electron chi connectivity index (χ3n) is 4.56. The van der Waals surface area contributed by atoms with Crippen LogP contribution in [0, 0.1) is 0 Å². The molecule has 122 valence electrons. The maximum absolute atomic E-state index is 12.5. The van der Waals surface area contributed by atoms with Crippen molar-refractivity contribution in [2.75, 3.05) is 11.1 Å². The SMILES string of the molecule is O=C1Nc2ccccc2/C1=C\c1c(-c2ccccc2)nc2n1CCS2. The average Bonchev–Trinajstić information content (AvgIpc) is 3.31. The first-order valence-corrected chi connectivity index (χ1v) is 9.21. The van der Waals surface area contributed by atoms with Gasteiger partial charge in [0.05, 0.1) is 17.0 Å². The number of nitrogens with one attached hydrogen (secondary N) is 1. The van der Waals surface area contributed by atoms with Crippen LogP contribution >= 0.6 is 11.8 Å². The van der Waals surface area contributed by atoms with Crippen molar-refractivity contribution in [2.45, 2.75) is 11.7 Å². The number of fused-ring (bicyclic) bond motifs is 2. The molecule has 0 atom stereocenters. The number of hydrogen-bond acceptors (Lipinski definition) is 3. The number of amides is 1. The van der Waals surface area contributed by atoms with Crippen molar-refractivity contribution >= 4 is 35.0 Å². The number of para-hydroxylation sites is 1. The topological polar surface area (TPSA) is 46.9 Å². The Labute approximate surface area is 149 Å². The summed E-state index contributed by atoms with van der Waals surface area (Å²) in [5.74, 6) is 0.970. The van der Waals surface area contributed by atoms with Crippen molar-refractivity contribution in [2.24, 2.45) is 0 Å². The fourth-order valence-electron chi connectivity index (χ4n) is 3.37. The minimum atomic E-state index is -0.0542. The highest BCUT2D eigenvalue weighted by molar-refractivity contribution is 7.99. The van der Waals surface area contributed by atoms with Crippen molar-refractivity contribution in [3.8, 4) is 11.3 Å². The van der Waals surface area contributed by atoms with E-state index in [9.17, 15) is 4.79 Å². The molecule has 25 heavy (non-hydrogen) atoms. The Hall–Kier alpha value is -2.79. The molecule has 0 fully saturated rings. The number of aromatic nitrogens is 2. The van der Waals surface area contributed by atoms with E-state index in [1.807, 2.05) is 48.5 Å². The van der Waals surface area contributed by atoms with Gasteiger partial charge in [-0.25, -0.2) is 4.98 Å². The highest BCUT2D eigenvalue weighted by Gasteiger charge is 2.27. The Bertz CT molecular complexity index is 1020. The molecular formula is C20H15N3OS. The van der Waals surface area contributed by atoms with Gasteiger partial charge < -0.3 is 9.88 Å². The fraction of sp³-hybridized carbons (Fsp3) is 0.100. The largest absolute Gasteiger partial charge is 0.321 e. The zero-order valence-electron chi connectivity index (χ0n) is 13.4. The molecule has 0 unspecified atom stereocenters. The average molecular weight is 345 g/mol. The summed E-state index contributed by atoms with van der Waals surface area (Å²) in [6.45, 7) is 0.919. The first-order chi connectivity index (χ1) is 12.3. The van der Waals surface area contributed by atoms with E-state index in [-0.39, 0.29) is 5.91 Å². The summed E-state index contributed by atoms with van der Waals surface area (Å²) in [4.78, 5) is 17.3. The maximum Gasteiger partial charge on any atom is 0.256 e. The first kappa shape index (κ1) is 14.5. The van der Waals surface area contributed by atoms with Crippen molar-refractivity contribution in [3.05, 3.63) is 65.9 Å². The normalized spacial score (nSPS) is 16.8. The smallest absolute Gasteiger partial charge is 0.256 e. The quantitative estimate of drug-likeness (QED) is 0.710. The second-order valence-corrected chi connectivity index (χ2v) is 7.11. The van der Waals surface area contributed by atoms with Crippen LogP contribution in [0.3, 0.4) is 0 Å². The highest BCUT2D eigenvalue weighted by Crippen LogP contribution is 2.38. The van der Waals surface area contributed by atoms with Gasteiger partial charge in [0, 0.05) is 29.1 Å². The number of thioether (sulfide) groups is 1. The van der Waals surface area contributed by atoms with Crippen LogP contribution in [0.2, 0.25) is 0 Å². The van der Waals surface area contributed by atoms with Crippen molar-refractivity contribution < 1.29 is 4.79 Å². The Morgan fingerprint density at radius 3 is 2.76 bits per heavy atom. The summed E-state index contributed by atoms with van der Waals surface area (Å²) in [6.07, 6.45) is 1.99. The van der Waals surface area contributed by atoms with E-state index in [4.69, 9.17) is 4.98 Å². The van der Waals surface area contributed by atoms with Crippen LogP contribution in [-0.2, 0) is 11.3 Å². The number of imidazole rings is 1. The van der Waals surface area contributed by atoms with Gasteiger partial charge in [-0.1, -0.05) is 60.3 Å². The molecule has 3 heterocycles. The number of rotatable bonds is 2. The van der Waals surface area contributed by atoms with Gasteiger partial charge >= 0.3 is 0 Å². The predicted octanol–water partition coefficient (Wildman–Crippen LogP) is 4.15. The zero-order chi connectivity index (χ0) is 16.8. The molecule has 5 rings (SSSR count). The molecule has 1 N–H and O–H groups in total. The lowest BCUT2D eigenvalue weighted by Crippen LogP contribution is -2.05. The van der Waals surface area contributed by atoms with Gasteiger partial charge in [0.2, 0.25) is 0 Å².